The zero-order valence-corrected chi connectivity index (χ0v) is 9.84. The van der Waals surface area contributed by atoms with E-state index in [2.05, 4.69) is 20.3 Å². The van der Waals surface area contributed by atoms with E-state index < -0.39 is 0 Å². The number of hydrogen-bond donors (Lipinski definition) is 1. The molecule has 2 aromatic heterocycles. The monoisotopic (exact) mass is 230 g/mol. The van der Waals surface area contributed by atoms with Crippen LogP contribution in [-0.4, -0.2) is 21.5 Å². The van der Waals surface area contributed by atoms with E-state index in [9.17, 15) is 0 Å². The Morgan fingerprint density at radius 2 is 2.12 bits per heavy atom. The van der Waals surface area contributed by atoms with Crippen LogP contribution in [0.25, 0.3) is 0 Å². The second-order valence-corrected chi connectivity index (χ2v) is 3.51. The van der Waals surface area contributed by atoms with E-state index in [1.165, 1.54) is 0 Å². The largest absolute Gasteiger partial charge is 0.436 e. The number of ether oxygens (including phenoxy) is 1. The molecule has 88 valence electrons. The topological polar surface area (TPSA) is 59.9 Å². The Balaban J connectivity index is 2.12. The third-order valence-corrected chi connectivity index (χ3v) is 2.08. The normalized spacial score (nSPS) is 10.0. The second kappa shape index (κ2) is 5.25. The molecular formula is C12H14N4O. The van der Waals surface area contributed by atoms with E-state index >= 15 is 0 Å². The van der Waals surface area contributed by atoms with Gasteiger partial charge in [0.1, 0.15) is 11.6 Å². The van der Waals surface area contributed by atoms with Crippen molar-refractivity contribution < 1.29 is 4.74 Å². The minimum Gasteiger partial charge on any atom is -0.436 e. The highest BCUT2D eigenvalue weighted by molar-refractivity contribution is 5.34. The van der Waals surface area contributed by atoms with E-state index in [1.54, 1.807) is 18.6 Å². The molecule has 2 heterocycles. The predicted octanol–water partition coefficient (Wildman–Crippen LogP) is 2.40. The number of aryl methyl sites for hydroxylation is 1. The van der Waals surface area contributed by atoms with Crippen LogP contribution in [-0.2, 0) is 0 Å². The van der Waals surface area contributed by atoms with Gasteiger partial charge in [-0.3, -0.25) is 9.97 Å². The molecule has 0 bridgehead atoms. The summed E-state index contributed by atoms with van der Waals surface area (Å²) in [5.41, 5.74) is 0.949. The van der Waals surface area contributed by atoms with E-state index in [0.29, 0.717) is 17.4 Å². The highest BCUT2D eigenvalue weighted by Crippen LogP contribution is 2.18. The maximum Gasteiger partial charge on any atom is 0.239 e. The summed E-state index contributed by atoms with van der Waals surface area (Å²) in [6, 6.07) is 3.74. The van der Waals surface area contributed by atoms with Crippen molar-refractivity contribution in [2.24, 2.45) is 0 Å². The molecule has 0 aromatic carbocycles. The molecule has 0 radical (unpaired) electrons. The van der Waals surface area contributed by atoms with Gasteiger partial charge in [0, 0.05) is 12.2 Å². The zero-order chi connectivity index (χ0) is 12.1. The Bertz CT molecular complexity index is 484. The molecule has 0 saturated heterocycles. The third kappa shape index (κ3) is 3.14. The summed E-state index contributed by atoms with van der Waals surface area (Å²) in [6.07, 6.45) is 4.89. The van der Waals surface area contributed by atoms with Gasteiger partial charge >= 0.3 is 0 Å². The van der Waals surface area contributed by atoms with E-state index in [-0.39, 0.29) is 0 Å². The molecule has 0 saturated carbocycles. The first-order chi connectivity index (χ1) is 8.28. The molecule has 0 aliphatic heterocycles. The lowest BCUT2D eigenvalue weighted by atomic mass is 10.4. The molecule has 0 atom stereocenters. The van der Waals surface area contributed by atoms with Crippen LogP contribution in [0.3, 0.4) is 0 Å². The minimum atomic E-state index is 0.453. The maximum atomic E-state index is 5.54. The molecule has 0 aliphatic carbocycles. The number of anilines is 1. The number of hydrogen-bond acceptors (Lipinski definition) is 5. The van der Waals surface area contributed by atoms with Crippen LogP contribution in [0.2, 0.25) is 0 Å². The van der Waals surface area contributed by atoms with Crippen LogP contribution in [0.15, 0.2) is 30.7 Å². The predicted molar refractivity (Wildman–Crippen MR) is 65.2 cm³/mol. The Kier molecular flexibility index (Phi) is 3.49. The molecule has 1 N–H and O–H groups in total. The number of rotatable bonds is 4. The molecule has 0 amide bonds. The summed E-state index contributed by atoms with van der Waals surface area (Å²) < 4.78 is 5.54. The lowest BCUT2D eigenvalue weighted by molar-refractivity contribution is 0.458. The van der Waals surface area contributed by atoms with Crippen LogP contribution in [0, 0.1) is 6.92 Å². The summed E-state index contributed by atoms with van der Waals surface area (Å²) in [6.45, 7) is 4.72. The van der Waals surface area contributed by atoms with Gasteiger partial charge in [0.05, 0.1) is 18.6 Å². The van der Waals surface area contributed by atoms with Crippen LogP contribution in [0.1, 0.15) is 12.6 Å². The highest BCUT2D eigenvalue weighted by Gasteiger charge is 2.01. The number of pyridine rings is 1. The van der Waals surface area contributed by atoms with Gasteiger partial charge in [-0.1, -0.05) is 0 Å². The smallest absolute Gasteiger partial charge is 0.239 e. The fraction of sp³-hybridized carbons (Fsp3) is 0.250. The van der Waals surface area contributed by atoms with Crippen molar-refractivity contribution in [3.63, 3.8) is 0 Å². The molecule has 2 rings (SSSR count). The molecule has 0 unspecified atom stereocenters. The SMILES string of the molecule is CCNc1cncc(Oc2ccc(C)nc2)n1. The number of nitrogens with zero attached hydrogens (tertiary/aromatic N) is 3. The van der Waals surface area contributed by atoms with Gasteiger partial charge < -0.3 is 10.1 Å². The molecule has 0 fully saturated rings. The van der Waals surface area contributed by atoms with E-state index in [1.807, 2.05) is 26.0 Å². The number of aromatic nitrogens is 3. The minimum absolute atomic E-state index is 0.453. The van der Waals surface area contributed by atoms with E-state index in [4.69, 9.17) is 4.74 Å². The Labute approximate surface area is 99.9 Å². The summed E-state index contributed by atoms with van der Waals surface area (Å²) >= 11 is 0. The quantitative estimate of drug-likeness (QED) is 0.873. The summed E-state index contributed by atoms with van der Waals surface area (Å²) in [7, 11) is 0. The zero-order valence-electron chi connectivity index (χ0n) is 9.84. The Morgan fingerprint density at radius 3 is 2.82 bits per heavy atom. The van der Waals surface area contributed by atoms with Gasteiger partial charge in [-0.05, 0) is 26.0 Å². The first kappa shape index (κ1) is 11.3. The Morgan fingerprint density at radius 1 is 1.24 bits per heavy atom. The van der Waals surface area contributed by atoms with Crippen molar-refractivity contribution in [1.82, 2.24) is 15.0 Å². The van der Waals surface area contributed by atoms with Gasteiger partial charge in [-0.15, -0.1) is 0 Å². The van der Waals surface area contributed by atoms with Crippen LogP contribution in [0.5, 0.6) is 11.6 Å². The molecule has 5 nitrogen and oxygen atoms in total. The van der Waals surface area contributed by atoms with Crippen molar-refractivity contribution in [3.8, 4) is 11.6 Å². The molecule has 17 heavy (non-hydrogen) atoms. The molecular weight excluding hydrogens is 216 g/mol. The fourth-order valence-corrected chi connectivity index (χ4v) is 1.30. The standard InChI is InChI=1S/C12H14N4O/c1-3-14-11-7-13-8-12(16-11)17-10-5-4-9(2)15-6-10/h4-8H,3H2,1-2H3,(H,14,16). The third-order valence-electron chi connectivity index (χ3n) is 2.08. The van der Waals surface area contributed by atoms with Crippen molar-refractivity contribution in [3.05, 3.63) is 36.4 Å². The van der Waals surface area contributed by atoms with E-state index in [0.717, 1.165) is 12.2 Å². The summed E-state index contributed by atoms with van der Waals surface area (Å²) in [5.74, 6) is 1.80. The van der Waals surface area contributed by atoms with Gasteiger partial charge in [0.25, 0.3) is 0 Å². The number of nitrogens with one attached hydrogen (secondary N) is 1. The second-order valence-electron chi connectivity index (χ2n) is 3.51. The average molecular weight is 230 g/mol. The van der Waals surface area contributed by atoms with Crippen molar-refractivity contribution in [1.29, 1.82) is 0 Å². The molecule has 0 spiro atoms. The van der Waals surface area contributed by atoms with Crippen LogP contribution < -0.4 is 10.1 Å². The lowest BCUT2D eigenvalue weighted by Gasteiger charge is -2.06. The molecule has 5 heteroatoms. The van der Waals surface area contributed by atoms with Gasteiger partial charge in [-0.25, -0.2) is 0 Å². The average Bonchev–Trinajstić information content (AvgIpc) is 2.33. The Hall–Kier alpha value is -2.17. The van der Waals surface area contributed by atoms with Crippen LogP contribution >= 0.6 is 0 Å². The van der Waals surface area contributed by atoms with Gasteiger partial charge in [0.15, 0.2) is 0 Å². The van der Waals surface area contributed by atoms with Crippen molar-refractivity contribution >= 4 is 5.82 Å². The maximum absolute atomic E-state index is 5.54. The highest BCUT2D eigenvalue weighted by atomic mass is 16.5. The lowest BCUT2D eigenvalue weighted by Crippen LogP contribution is -2.00. The fourth-order valence-electron chi connectivity index (χ4n) is 1.30. The first-order valence-corrected chi connectivity index (χ1v) is 5.44. The van der Waals surface area contributed by atoms with Crippen molar-refractivity contribution in [2.75, 3.05) is 11.9 Å². The summed E-state index contributed by atoms with van der Waals surface area (Å²) in [5, 5.41) is 3.07. The van der Waals surface area contributed by atoms with Gasteiger partial charge in [0.2, 0.25) is 5.88 Å². The van der Waals surface area contributed by atoms with Crippen LogP contribution in [0.4, 0.5) is 5.82 Å². The van der Waals surface area contributed by atoms with Crippen molar-refractivity contribution in [2.45, 2.75) is 13.8 Å². The molecule has 0 aliphatic rings. The van der Waals surface area contributed by atoms with Gasteiger partial charge in [-0.2, -0.15) is 4.98 Å². The molecule has 2 aromatic rings. The first-order valence-electron chi connectivity index (χ1n) is 5.44. The summed E-state index contributed by atoms with van der Waals surface area (Å²) in [4.78, 5) is 12.4.